The van der Waals surface area contributed by atoms with Crippen molar-refractivity contribution in [1.82, 2.24) is 9.97 Å². The molecule has 0 amide bonds. The van der Waals surface area contributed by atoms with E-state index in [4.69, 9.17) is 4.98 Å². The highest BCUT2D eigenvalue weighted by Gasteiger charge is 2.23. The second-order valence-electron chi connectivity index (χ2n) is 6.31. The maximum Gasteiger partial charge on any atom is 0.260 e. The number of aromatic nitrogens is 2. The fourth-order valence-corrected chi connectivity index (χ4v) is 4.58. The zero-order valence-corrected chi connectivity index (χ0v) is 13.6. The number of nitrogens with one attached hydrogen (secondary N) is 1. The Kier molecular flexibility index (Phi) is 3.15. The van der Waals surface area contributed by atoms with Crippen molar-refractivity contribution in [1.29, 1.82) is 0 Å². The quantitative estimate of drug-likeness (QED) is 0.736. The largest absolute Gasteiger partial charge is 0.306 e. The first-order valence-electron chi connectivity index (χ1n) is 7.73. The van der Waals surface area contributed by atoms with Gasteiger partial charge in [0.15, 0.2) is 0 Å². The molecule has 3 aromatic rings. The molecular formula is C18H18N2OS. The molecule has 1 aliphatic carbocycles. The number of aryl methyl sites for hydroxylation is 2. The molecule has 1 atom stereocenters. The van der Waals surface area contributed by atoms with Crippen LogP contribution in [-0.4, -0.2) is 9.97 Å². The number of benzene rings is 1. The first-order chi connectivity index (χ1) is 10.6. The highest BCUT2D eigenvalue weighted by molar-refractivity contribution is 7.18. The van der Waals surface area contributed by atoms with E-state index in [2.05, 4.69) is 18.8 Å². The second kappa shape index (κ2) is 5.06. The van der Waals surface area contributed by atoms with Gasteiger partial charge in [0.2, 0.25) is 0 Å². The summed E-state index contributed by atoms with van der Waals surface area (Å²) in [4.78, 5) is 22.5. The summed E-state index contributed by atoms with van der Waals surface area (Å²) in [7, 11) is 0. The maximum atomic E-state index is 12.6. The number of fused-ring (bicyclic) bond motifs is 3. The molecule has 1 aliphatic rings. The van der Waals surface area contributed by atoms with Gasteiger partial charge < -0.3 is 4.98 Å². The molecule has 0 unspecified atom stereocenters. The molecular weight excluding hydrogens is 292 g/mol. The number of thiophene rings is 1. The average Bonchev–Trinajstić information content (AvgIpc) is 2.85. The van der Waals surface area contributed by atoms with E-state index in [1.165, 1.54) is 16.0 Å². The first kappa shape index (κ1) is 13.7. The Morgan fingerprint density at radius 2 is 2.05 bits per heavy atom. The van der Waals surface area contributed by atoms with Crippen molar-refractivity contribution in [2.45, 2.75) is 33.1 Å². The molecule has 1 aromatic carbocycles. The van der Waals surface area contributed by atoms with Gasteiger partial charge >= 0.3 is 0 Å². The van der Waals surface area contributed by atoms with Crippen LogP contribution in [0, 0.1) is 12.8 Å². The van der Waals surface area contributed by atoms with Crippen molar-refractivity contribution in [3.63, 3.8) is 0 Å². The molecule has 112 valence electrons. The topological polar surface area (TPSA) is 45.8 Å². The normalized spacial score (nSPS) is 17.6. The van der Waals surface area contributed by atoms with E-state index in [1.54, 1.807) is 11.3 Å². The van der Waals surface area contributed by atoms with Gasteiger partial charge in [-0.1, -0.05) is 36.8 Å². The molecule has 0 spiro atoms. The lowest BCUT2D eigenvalue weighted by molar-refractivity contribution is 0.509. The van der Waals surface area contributed by atoms with Crippen molar-refractivity contribution < 1.29 is 0 Å². The minimum absolute atomic E-state index is 0.00706. The van der Waals surface area contributed by atoms with Crippen LogP contribution in [0.3, 0.4) is 0 Å². The zero-order valence-electron chi connectivity index (χ0n) is 12.8. The summed E-state index contributed by atoms with van der Waals surface area (Å²) in [5.41, 5.74) is 3.41. The molecule has 2 heterocycles. The molecule has 4 heteroatoms. The van der Waals surface area contributed by atoms with Crippen molar-refractivity contribution in [2.75, 3.05) is 0 Å². The van der Waals surface area contributed by atoms with E-state index in [0.29, 0.717) is 11.7 Å². The Labute approximate surface area is 133 Å². The molecule has 2 aromatic heterocycles. The van der Waals surface area contributed by atoms with Gasteiger partial charge in [0, 0.05) is 10.4 Å². The third-order valence-electron chi connectivity index (χ3n) is 4.49. The SMILES string of the molecule is Cc1ccc(-c2nc3sc4c(c3c(=O)[nH]2)CC[C@@H](C)C4)cc1. The predicted octanol–water partition coefficient (Wildman–Crippen LogP) is 4.08. The van der Waals surface area contributed by atoms with Gasteiger partial charge in [-0.2, -0.15) is 0 Å². The Bertz CT molecular complexity index is 905. The van der Waals surface area contributed by atoms with Crippen molar-refractivity contribution in [3.05, 3.63) is 50.6 Å². The van der Waals surface area contributed by atoms with Crippen LogP contribution in [0.15, 0.2) is 29.1 Å². The van der Waals surface area contributed by atoms with Crippen LogP contribution in [0.25, 0.3) is 21.6 Å². The maximum absolute atomic E-state index is 12.6. The fraction of sp³-hybridized carbons (Fsp3) is 0.333. The highest BCUT2D eigenvalue weighted by Crippen LogP contribution is 2.36. The molecule has 0 radical (unpaired) electrons. The van der Waals surface area contributed by atoms with Gasteiger partial charge in [0.1, 0.15) is 10.7 Å². The average molecular weight is 310 g/mol. The lowest BCUT2D eigenvalue weighted by Crippen LogP contribution is -2.13. The minimum Gasteiger partial charge on any atom is -0.306 e. The van der Waals surface area contributed by atoms with Gasteiger partial charge in [0.05, 0.1) is 5.39 Å². The summed E-state index contributed by atoms with van der Waals surface area (Å²) >= 11 is 1.70. The Morgan fingerprint density at radius 1 is 1.27 bits per heavy atom. The molecule has 0 saturated heterocycles. The van der Waals surface area contributed by atoms with E-state index >= 15 is 0 Å². The number of rotatable bonds is 1. The third-order valence-corrected chi connectivity index (χ3v) is 5.64. The Balaban J connectivity index is 1.90. The van der Waals surface area contributed by atoms with E-state index in [-0.39, 0.29) is 5.56 Å². The molecule has 0 bridgehead atoms. The molecule has 4 rings (SSSR count). The van der Waals surface area contributed by atoms with Gasteiger partial charge in [0.25, 0.3) is 5.56 Å². The van der Waals surface area contributed by atoms with Crippen molar-refractivity contribution in [2.24, 2.45) is 5.92 Å². The van der Waals surface area contributed by atoms with Crippen LogP contribution in [-0.2, 0) is 12.8 Å². The van der Waals surface area contributed by atoms with Crippen LogP contribution < -0.4 is 5.56 Å². The lowest BCUT2D eigenvalue weighted by Gasteiger charge is -2.17. The second-order valence-corrected chi connectivity index (χ2v) is 7.40. The first-order valence-corrected chi connectivity index (χ1v) is 8.55. The molecule has 0 aliphatic heterocycles. The number of hydrogen-bond acceptors (Lipinski definition) is 3. The van der Waals surface area contributed by atoms with Crippen LogP contribution in [0.5, 0.6) is 0 Å². The van der Waals surface area contributed by atoms with Crippen molar-refractivity contribution >= 4 is 21.6 Å². The summed E-state index contributed by atoms with van der Waals surface area (Å²) in [6.07, 6.45) is 3.25. The number of aromatic amines is 1. The Hall–Kier alpha value is -1.94. The summed E-state index contributed by atoms with van der Waals surface area (Å²) in [5.74, 6) is 1.38. The van der Waals surface area contributed by atoms with Gasteiger partial charge in [-0.05, 0) is 37.7 Å². The number of H-pyrrole nitrogens is 1. The highest BCUT2D eigenvalue weighted by atomic mass is 32.1. The van der Waals surface area contributed by atoms with Gasteiger partial charge in [-0.3, -0.25) is 4.79 Å². The van der Waals surface area contributed by atoms with Gasteiger partial charge in [-0.15, -0.1) is 11.3 Å². The summed E-state index contributed by atoms with van der Waals surface area (Å²) in [6, 6.07) is 8.10. The number of hydrogen-bond donors (Lipinski definition) is 1. The third kappa shape index (κ3) is 2.18. The molecule has 22 heavy (non-hydrogen) atoms. The van der Waals surface area contributed by atoms with Crippen LogP contribution in [0.2, 0.25) is 0 Å². The van der Waals surface area contributed by atoms with Gasteiger partial charge in [-0.25, -0.2) is 4.98 Å². The summed E-state index contributed by atoms with van der Waals surface area (Å²) in [6.45, 7) is 4.33. The van der Waals surface area contributed by atoms with Crippen molar-refractivity contribution in [3.8, 4) is 11.4 Å². The molecule has 0 saturated carbocycles. The number of nitrogens with zero attached hydrogens (tertiary/aromatic N) is 1. The minimum atomic E-state index is 0.00706. The molecule has 1 N–H and O–H groups in total. The van der Waals surface area contributed by atoms with Crippen LogP contribution >= 0.6 is 11.3 Å². The predicted molar refractivity (Wildman–Crippen MR) is 91.6 cm³/mol. The monoisotopic (exact) mass is 310 g/mol. The summed E-state index contributed by atoms with van der Waals surface area (Å²) in [5, 5.41) is 0.822. The standard InChI is InChI=1S/C18H18N2OS/c1-10-3-6-12(7-4-10)16-19-17(21)15-13-8-5-11(2)9-14(13)22-18(15)20-16/h3-4,6-7,11H,5,8-9H2,1-2H3,(H,19,20,21)/t11-/m1/s1. The zero-order chi connectivity index (χ0) is 15.3. The van der Waals surface area contributed by atoms with Crippen LogP contribution in [0.1, 0.15) is 29.3 Å². The van der Waals surface area contributed by atoms with E-state index in [0.717, 1.165) is 35.0 Å². The molecule has 0 fully saturated rings. The Morgan fingerprint density at radius 3 is 2.82 bits per heavy atom. The van der Waals surface area contributed by atoms with Crippen LogP contribution in [0.4, 0.5) is 0 Å². The molecule has 3 nitrogen and oxygen atoms in total. The summed E-state index contributed by atoms with van der Waals surface area (Å²) < 4.78 is 0. The van der Waals surface area contributed by atoms with E-state index < -0.39 is 0 Å². The fourth-order valence-electron chi connectivity index (χ4n) is 3.20. The van der Waals surface area contributed by atoms with E-state index in [1.807, 2.05) is 24.3 Å². The smallest absolute Gasteiger partial charge is 0.260 e. The van der Waals surface area contributed by atoms with E-state index in [9.17, 15) is 4.79 Å². The lowest BCUT2D eigenvalue weighted by atomic mass is 9.89.